The maximum absolute atomic E-state index is 12.5. The van der Waals surface area contributed by atoms with Crippen molar-refractivity contribution in [2.75, 3.05) is 18.5 Å². The van der Waals surface area contributed by atoms with Gasteiger partial charge in [0.2, 0.25) is 0 Å². The van der Waals surface area contributed by atoms with Crippen LogP contribution in [0.5, 0.6) is 0 Å². The number of esters is 1. The summed E-state index contributed by atoms with van der Waals surface area (Å²) in [7, 11) is 0. The average Bonchev–Trinajstić information content (AvgIpc) is 3.24. The monoisotopic (exact) mass is 393 g/mol. The number of hydrogen-bond donors (Lipinski definition) is 3. The van der Waals surface area contributed by atoms with Crippen molar-refractivity contribution in [2.45, 2.75) is 38.1 Å². The lowest BCUT2D eigenvalue weighted by Gasteiger charge is -2.37. The zero-order valence-electron chi connectivity index (χ0n) is 16.6. The van der Waals surface area contributed by atoms with Crippen LogP contribution in [0.2, 0.25) is 0 Å². The van der Waals surface area contributed by atoms with Crippen LogP contribution in [0.3, 0.4) is 0 Å². The van der Waals surface area contributed by atoms with Crippen LogP contribution in [-0.2, 0) is 4.74 Å². The second-order valence-electron chi connectivity index (χ2n) is 7.62. The molecule has 6 heteroatoms. The number of aliphatic hydroxyl groups is 1. The Kier molecular flexibility index (Phi) is 5.81. The number of nitrogens with zero attached hydrogens (tertiary/aromatic N) is 1. The van der Waals surface area contributed by atoms with Gasteiger partial charge in [0, 0.05) is 36.3 Å². The SMILES string of the molecule is CCOC(=O)c1cnc2[nH]ccc2c1NC1CC[C@@H](c2ccccc2)C[C@@H]1CO. The van der Waals surface area contributed by atoms with E-state index in [0.29, 0.717) is 18.1 Å². The van der Waals surface area contributed by atoms with Gasteiger partial charge in [0.05, 0.1) is 12.3 Å². The molecule has 0 amide bonds. The molecule has 0 radical (unpaired) electrons. The van der Waals surface area contributed by atoms with Crippen molar-refractivity contribution in [3.05, 3.63) is 59.9 Å². The number of benzene rings is 1. The summed E-state index contributed by atoms with van der Waals surface area (Å²) in [6.45, 7) is 2.21. The van der Waals surface area contributed by atoms with E-state index in [4.69, 9.17) is 4.74 Å². The Labute approximate surface area is 170 Å². The van der Waals surface area contributed by atoms with Crippen molar-refractivity contribution in [3.8, 4) is 0 Å². The van der Waals surface area contributed by atoms with Crippen LogP contribution in [0.25, 0.3) is 11.0 Å². The number of aromatic amines is 1. The third-order valence-corrected chi connectivity index (χ3v) is 5.90. The van der Waals surface area contributed by atoms with Crippen molar-refractivity contribution < 1.29 is 14.6 Å². The minimum Gasteiger partial charge on any atom is -0.462 e. The van der Waals surface area contributed by atoms with E-state index in [1.54, 1.807) is 13.1 Å². The lowest BCUT2D eigenvalue weighted by molar-refractivity contribution is 0.0527. The number of H-pyrrole nitrogens is 1. The normalized spacial score (nSPS) is 21.8. The molecule has 1 saturated carbocycles. The fourth-order valence-corrected chi connectivity index (χ4v) is 4.40. The molecule has 1 aliphatic carbocycles. The summed E-state index contributed by atoms with van der Waals surface area (Å²) in [6.07, 6.45) is 6.24. The van der Waals surface area contributed by atoms with Gasteiger partial charge < -0.3 is 20.1 Å². The Morgan fingerprint density at radius 1 is 1.28 bits per heavy atom. The maximum atomic E-state index is 12.5. The second-order valence-corrected chi connectivity index (χ2v) is 7.62. The Morgan fingerprint density at radius 2 is 2.10 bits per heavy atom. The largest absolute Gasteiger partial charge is 0.462 e. The zero-order valence-corrected chi connectivity index (χ0v) is 16.6. The Hall–Kier alpha value is -2.86. The van der Waals surface area contributed by atoms with E-state index < -0.39 is 0 Å². The van der Waals surface area contributed by atoms with Gasteiger partial charge in [-0.25, -0.2) is 9.78 Å². The predicted octanol–water partition coefficient (Wildman–Crippen LogP) is 4.10. The standard InChI is InChI=1S/C23H27N3O3/c1-2-29-23(28)19-13-25-22-18(10-11-24-22)21(19)26-20-9-8-16(12-17(20)14-27)15-6-4-3-5-7-15/h3-7,10-11,13,16-17,20,27H,2,8-9,12,14H2,1H3,(H2,24,25,26)/t16-,17-,20?/m1/s1. The number of hydrogen-bond acceptors (Lipinski definition) is 5. The third kappa shape index (κ3) is 3.98. The zero-order chi connectivity index (χ0) is 20.2. The van der Waals surface area contributed by atoms with E-state index >= 15 is 0 Å². The smallest absolute Gasteiger partial charge is 0.341 e. The van der Waals surface area contributed by atoms with Crippen molar-refractivity contribution in [1.29, 1.82) is 0 Å². The molecule has 0 bridgehead atoms. The first kappa shape index (κ1) is 19.5. The molecule has 6 nitrogen and oxygen atoms in total. The van der Waals surface area contributed by atoms with Crippen molar-refractivity contribution in [3.63, 3.8) is 0 Å². The van der Waals surface area contributed by atoms with Crippen LogP contribution < -0.4 is 5.32 Å². The van der Waals surface area contributed by atoms with E-state index in [-0.39, 0.29) is 24.5 Å². The van der Waals surface area contributed by atoms with Crippen molar-refractivity contribution in [2.24, 2.45) is 5.92 Å². The summed E-state index contributed by atoms with van der Waals surface area (Å²) >= 11 is 0. The number of rotatable bonds is 6. The molecule has 1 aromatic carbocycles. The molecule has 0 aliphatic heterocycles. The molecule has 0 spiro atoms. The first-order chi connectivity index (χ1) is 14.2. The van der Waals surface area contributed by atoms with E-state index in [9.17, 15) is 9.90 Å². The number of fused-ring (bicyclic) bond motifs is 1. The highest BCUT2D eigenvalue weighted by Crippen LogP contribution is 2.38. The molecule has 3 atom stereocenters. The first-order valence-corrected chi connectivity index (χ1v) is 10.3. The number of nitrogens with one attached hydrogen (secondary N) is 2. The van der Waals surface area contributed by atoms with E-state index in [0.717, 1.165) is 36.0 Å². The Morgan fingerprint density at radius 3 is 2.86 bits per heavy atom. The molecular weight excluding hydrogens is 366 g/mol. The first-order valence-electron chi connectivity index (χ1n) is 10.3. The number of aromatic nitrogens is 2. The molecule has 1 aliphatic rings. The average molecular weight is 393 g/mol. The number of ether oxygens (including phenoxy) is 1. The Bertz CT molecular complexity index is 970. The number of anilines is 1. The molecular formula is C23H27N3O3. The van der Waals surface area contributed by atoms with Gasteiger partial charge in [0.15, 0.2) is 0 Å². The van der Waals surface area contributed by atoms with E-state index in [2.05, 4.69) is 39.6 Å². The van der Waals surface area contributed by atoms with Crippen molar-refractivity contribution in [1.82, 2.24) is 9.97 Å². The summed E-state index contributed by atoms with van der Waals surface area (Å²) in [5.74, 6) is 0.163. The van der Waals surface area contributed by atoms with Crippen LogP contribution in [0.1, 0.15) is 48.0 Å². The van der Waals surface area contributed by atoms with Crippen LogP contribution >= 0.6 is 0 Å². The minimum absolute atomic E-state index is 0.0774. The third-order valence-electron chi connectivity index (χ3n) is 5.90. The van der Waals surface area contributed by atoms with Gasteiger partial charge >= 0.3 is 5.97 Å². The van der Waals surface area contributed by atoms with Crippen LogP contribution in [0, 0.1) is 5.92 Å². The van der Waals surface area contributed by atoms with Gasteiger partial charge in [-0.15, -0.1) is 0 Å². The van der Waals surface area contributed by atoms with Gasteiger partial charge in [-0.05, 0) is 43.7 Å². The van der Waals surface area contributed by atoms with Crippen LogP contribution in [0.15, 0.2) is 48.8 Å². The molecule has 2 heterocycles. The molecule has 3 N–H and O–H groups in total. The summed E-state index contributed by atoms with van der Waals surface area (Å²) < 4.78 is 5.23. The minimum atomic E-state index is -0.385. The number of carbonyl (C=O) groups is 1. The van der Waals surface area contributed by atoms with Crippen LogP contribution in [0.4, 0.5) is 5.69 Å². The molecule has 3 aromatic rings. The number of pyridine rings is 1. The highest BCUT2D eigenvalue weighted by atomic mass is 16.5. The van der Waals surface area contributed by atoms with Gasteiger partial charge in [-0.1, -0.05) is 30.3 Å². The van der Waals surface area contributed by atoms with Gasteiger partial charge in [-0.2, -0.15) is 0 Å². The molecule has 1 fully saturated rings. The maximum Gasteiger partial charge on any atom is 0.341 e. The molecule has 1 unspecified atom stereocenters. The second kappa shape index (κ2) is 8.66. The molecule has 152 valence electrons. The summed E-state index contributed by atoms with van der Waals surface area (Å²) in [6, 6.07) is 12.5. The summed E-state index contributed by atoms with van der Waals surface area (Å²) in [4.78, 5) is 19.9. The van der Waals surface area contributed by atoms with E-state index in [1.165, 1.54) is 5.56 Å². The van der Waals surface area contributed by atoms with Gasteiger partial charge in [0.25, 0.3) is 0 Å². The lowest BCUT2D eigenvalue weighted by Crippen LogP contribution is -2.37. The van der Waals surface area contributed by atoms with Crippen LogP contribution in [-0.4, -0.2) is 40.3 Å². The molecule has 0 saturated heterocycles. The fraction of sp³-hybridized carbons (Fsp3) is 0.391. The van der Waals surface area contributed by atoms with Gasteiger partial charge in [-0.3, -0.25) is 0 Å². The number of aliphatic hydroxyl groups excluding tert-OH is 1. The molecule has 4 rings (SSSR count). The summed E-state index contributed by atoms with van der Waals surface area (Å²) in [5, 5.41) is 14.5. The molecule has 29 heavy (non-hydrogen) atoms. The highest BCUT2D eigenvalue weighted by molar-refractivity contribution is 6.04. The predicted molar refractivity (Wildman–Crippen MR) is 113 cm³/mol. The Balaban J connectivity index is 1.60. The highest BCUT2D eigenvalue weighted by Gasteiger charge is 2.32. The summed E-state index contributed by atoms with van der Waals surface area (Å²) in [5.41, 5.74) is 3.21. The van der Waals surface area contributed by atoms with Crippen molar-refractivity contribution >= 4 is 22.7 Å². The number of carbonyl (C=O) groups excluding carboxylic acids is 1. The topological polar surface area (TPSA) is 87.2 Å². The fourth-order valence-electron chi connectivity index (χ4n) is 4.40. The van der Waals surface area contributed by atoms with Gasteiger partial charge in [0.1, 0.15) is 11.2 Å². The lowest BCUT2D eigenvalue weighted by atomic mass is 9.75. The van der Waals surface area contributed by atoms with E-state index in [1.807, 2.05) is 18.3 Å². The quantitative estimate of drug-likeness (QED) is 0.549. The molecule has 2 aromatic heterocycles.